The van der Waals surface area contributed by atoms with Gasteiger partial charge in [-0.25, -0.2) is 0 Å². The molecule has 1 aliphatic carbocycles. The van der Waals surface area contributed by atoms with E-state index >= 15 is 0 Å². The first-order valence-corrected chi connectivity index (χ1v) is 8.48. The maximum atomic E-state index is 12.4. The molecule has 0 aromatic rings. The number of rotatable bonds is 8. The number of carbonyl (C=O) groups excluding carboxylic acids is 1. The van der Waals surface area contributed by atoms with Crippen molar-refractivity contribution in [2.75, 3.05) is 0 Å². The van der Waals surface area contributed by atoms with Gasteiger partial charge in [-0.3, -0.25) is 4.79 Å². The van der Waals surface area contributed by atoms with Crippen LogP contribution in [0.4, 0.5) is 0 Å². The largest absolute Gasteiger partial charge is 0.462 e. The molecule has 0 aromatic carbocycles. The molecular formula is C19H32O2. The average Bonchev–Trinajstić information content (AvgIpc) is 2.46. The number of ether oxygens (including phenoxy) is 1. The highest BCUT2D eigenvalue weighted by molar-refractivity contribution is 5.79. The van der Waals surface area contributed by atoms with Crippen LogP contribution in [0, 0.1) is 11.3 Å². The van der Waals surface area contributed by atoms with Gasteiger partial charge in [0, 0.05) is 0 Å². The van der Waals surface area contributed by atoms with Crippen molar-refractivity contribution in [3.05, 3.63) is 23.8 Å². The molecule has 0 saturated carbocycles. The molecule has 120 valence electrons. The lowest BCUT2D eigenvalue weighted by Crippen LogP contribution is -2.32. The number of allylic oxidation sites excluding steroid dienone is 3. The molecule has 0 aromatic heterocycles. The minimum absolute atomic E-state index is 0.0107. The highest BCUT2D eigenvalue weighted by Crippen LogP contribution is 2.32. The Kier molecular flexibility index (Phi) is 7.21. The molecule has 3 unspecified atom stereocenters. The molecule has 0 saturated heterocycles. The summed E-state index contributed by atoms with van der Waals surface area (Å²) in [6.45, 7) is 10.5. The van der Waals surface area contributed by atoms with Gasteiger partial charge in [-0.1, -0.05) is 63.3 Å². The van der Waals surface area contributed by atoms with Crippen molar-refractivity contribution >= 4 is 5.97 Å². The van der Waals surface area contributed by atoms with Gasteiger partial charge in [-0.2, -0.15) is 0 Å². The van der Waals surface area contributed by atoms with Crippen molar-refractivity contribution in [1.82, 2.24) is 0 Å². The summed E-state index contributed by atoms with van der Waals surface area (Å²) in [6.07, 6.45) is 12.8. The highest BCUT2D eigenvalue weighted by Gasteiger charge is 2.33. The van der Waals surface area contributed by atoms with E-state index in [4.69, 9.17) is 4.74 Å². The molecule has 0 bridgehead atoms. The number of carbonyl (C=O) groups is 1. The summed E-state index contributed by atoms with van der Waals surface area (Å²) in [6, 6.07) is 0. The Hall–Kier alpha value is -1.05. The predicted octanol–water partition coefficient (Wildman–Crippen LogP) is 5.44. The summed E-state index contributed by atoms with van der Waals surface area (Å²) in [5, 5.41) is 0. The second-order valence-electron chi connectivity index (χ2n) is 6.77. The van der Waals surface area contributed by atoms with E-state index in [1.165, 1.54) is 31.3 Å². The summed E-state index contributed by atoms with van der Waals surface area (Å²) >= 11 is 0. The van der Waals surface area contributed by atoms with Crippen LogP contribution in [-0.2, 0) is 9.53 Å². The van der Waals surface area contributed by atoms with Crippen LogP contribution >= 0.6 is 0 Å². The second kappa shape index (κ2) is 8.41. The zero-order chi connectivity index (χ0) is 15.9. The van der Waals surface area contributed by atoms with Crippen LogP contribution in [0.1, 0.15) is 73.1 Å². The highest BCUT2D eigenvalue weighted by atomic mass is 16.5. The van der Waals surface area contributed by atoms with Gasteiger partial charge in [0.25, 0.3) is 0 Å². The molecule has 3 atom stereocenters. The fourth-order valence-electron chi connectivity index (χ4n) is 2.79. The van der Waals surface area contributed by atoms with Crippen molar-refractivity contribution in [2.45, 2.75) is 79.2 Å². The van der Waals surface area contributed by atoms with E-state index in [-0.39, 0.29) is 12.1 Å². The van der Waals surface area contributed by atoms with Crippen LogP contribution in [0.2, 0.25) is 0 Å². The van der Waals surface area contributed by atoms with Gasteiger partial charge in [-0.05, 0) is 39.5 Å². The molecule has 1 rings (SSSR count). The van der Waals surface area contributed by atoms with Gasteiger partial charge in [0.2, 0.25) is 0 Å². The van der Waals surface area contributed by atoms with Crippen LogP contribution < -0.4 is 0 Å². The van der Waals surface area contributed by atoms with Crippen molar-refractivity contribution < 1.29 is 9.53 Å². The lowest BCUT2D eigenvalue weighted by atomic mass is 9.82. The van der Waals surface area contributed by atoms with Crippen LogP contribution in [-0.4, -0.2) is 12.1 Å². The SMILES string of the molecule is CCCCC(CC)CC(C)OC(=O)C1(C)C=CC(C)=CC1. The Morgan fingerprint density at radius 2 is 2.14 bits per heavy atom. The second-order valence-corrected chi connectivity index (χ2v) is 6.77. The molecule has 0 aliphatic heterocycles. The fraction of sp³-hybridized carbons (Fsp3) is 0.737. The lowest BCUT2D eigenvalue weighted by molar-refractivity contribution is -0.157. The molecule has 0 heterocycles. The summed E-state index contributed by atoms with van der Waals surface area (Å²) in [7, 11) is 0. The van der Waals surface area contributed by atoms with E-state index in [0.717, 1.165) is 12.8 Å². The zero-order valence-electron chi connectivity index (χ0n) is 14.4. The van der Waals surface area contributed by atoms with Crippen molar-refractivity contribution in [1.29, 1.82) is 0 Å². The number of esters is 1. The molecule has 0 fully saturated rings. The Bertz CT molecular complexity index is 394. The summed E-state index contributed by atoms with van der Waals surface area (Å²) in [5.41, 5.74) is 0.734. The quantitative estimate of drug-likeness (QED) is 0.557. The van der Waals surface area contributed by atoms with Crippen LogP contribution in [0.25, 0.3) is 0 Å². The van der Waals surface area contributed by atoms with Crippen molar-refractivity contribution in [3.8, 4) is 0 Å². The normalized spacial score (nSPS) is 24.3. The van der Waals surface area contributed by atoms with E-state index in [1.54, 1.807) is 0 Å². The van der Waals surface area contributed by atoms with Crippen LogP contribution in [0.15, 0.2) is 23.8 Å². The minimum Gasteiger partial charge on any atom is -0.462 e. The lowest BCUT2D eigenvalue weighted by Gasteiger charge is -2.28. The standard InChI is InChI=1S/C19H32O2/c1-6-8-9-17(7-2)14-16(4)21-18(20)19(5)12-10-15(3)11-13-19/h10-12,16-17H,6-9,13-14H2,1-5H3. The molecule has 2 heteroatoms. The van der Waals surface area contributed by atoms with E-state index in [0.29, 0.717) is 5.92 Å². The predicted molar refractivity (Wildman–Crippen MR) is 89.1 cm³/mol. The van der Waals surface area contributed by atoms with Gasteiger partial charge in [0.1, 0.15) is 0 Å². The number of hydrogen-bond donors (Lipinski definition) is 0. The Balaban J connectivity index is 2.48. The first kappa shape index (κ1) is 18.0. The molecular weight excluding hydrogens is 260 g/mol. The average molecular weight is 292 g/mol. The fourth-order valence-corrected chi connectivity index (χ4v) is 2.79. The molecule has 1 aliphatic rings. The maximum Gasteiger partial charge on any atom is 0.316 e. The smallest absolute Gasteiger partial charge is 0.316 e. The monoisotopic (exact) mass is 292 g/mol. The summed E-state index contributed by atoms with van der Waals surface area (Å²) in [5.74, 6) is 0.588. The molecule has 0 spiro atoms. The van der Waals surface area contributed by atoms with Gasteiger partial charge in [0.05, 0.1) is 11.5 Å². The third-order valence-electron chi connectivity index (χ3n) is 4.55. The maximum absolute atomic E-state index is 12.4. The van der Waals surface area contributed by atoms with E-state index in [1.807, 2.05) is 26.0 Å². The van der Waals surface area contributed by atoms with Crippen molar-refractivity contribution in [2.24, 2.45) is 11.3 Å². The van der Waals surface area contributed by atoms with Crippen molar-refractivity contribution in [3.63, 3.8) is 0 Å². The minimum atomic E-state index is -0.487. The first-order chi connectivity index (χ1) is 9.91. The molecule has 2 nitrogen and oxygen atoms in total. The molecule has 0 amide bonds. The first-order valence-electron chi connectivity index (χ1n) is 8.48. The zero-order valence-corrected chi connectivity index (χ0v) is 14.4. The van der Waals surface area contributed by atoms with Crippen LogP contribution in [0.5, 0.6) is 0 Å². The van der Waals surface area contributed by atoms with Gasteiger partial charge >= 0.3 is 5.97 Å². The molecule has 0 N–H and O–H groups in total. The Morgan fingerprint density at radius 3 is 2.67 bits per heavy atom. The number of unbranched alkanes of at least 4 members (excludes halogenated alkanes) is 1. The third-order valence-corrected chi connectivity index (χ3v) is 4.55. The van der Waals surface area contributed by atoms with Crippen LogP contribution in [0.3, 0.4) is 0 Å². The molecule has 0 radical (unpaired) electrons. The van der Waals surface area contributed by atoms with E-state index < -0.39 is 5.41 Å². The van der Waals surface area contributed by atoms with Gasteiger partial charge in [0.15, 0.2) is 0 Å². The Labute approximate surface area is 130 Å². The van der Waals surface area contributed by atoms with E-state index in [9.17, 15) is 4.79 Å². The number of hydrogen-bond acceptors (Lipinski definition) is 2. The third kappa shape index (κ3) is 5.68. The van der Waals surface area contributed by atoms with Gasteiger partial charge < -0.3 is 4.74 Å². The van der Waals surface area contributed by atoms with Gasteiger partial charge in [-0.15, -0.1) is 0 Å². The summed E-state index contributed by atoms with van der Waals surface area (Å²) in [4.78, 5) is 12.4. The molecule has 21 heavy (non-hydrogen) atoms. The summed E-state index contributed by atoms with van der Waals surface area (Å²) < 4.78 is 5.72. The Morgan fingerprint density at radius 1 is 1.43 bits per heavy atom. The topological polar surface area (TPSA) is 26.3 Å². The van der Waals surface area contributed by atoms with E-state index in [2.05, 4.69) is 26.8 Å².